The maximum absolute atomic E-state index is 13.8. The molecule has 0 aliphatic heterocycles. The molecule has 0 aliphatic carbocycles. The van der Waals surface area contributed by atoms with Crippen LogP contribution in [0.5, 0.6) is 0 Å². The van der Waals surface area contributed by atoms with Crippen LogP contribution in [0.2, 0.25) is 0 Å². The van der Waals surface area contributed by atoms with Crippen LogP contribution in [0.3, 0.4) is 0 Å². The molecule has 0 fully saturated rings. The minimum atomic E-state index is -0.304. The van der Waals surface area contributed by atoms with E-state index in [0.717, 1.165) is 11.3 Å². The summed E-state index contributed by atoms with van der Waals surface area (Å²) in [5, 5.41) is 4.37. The average molecular weight is 253 g/mol. The molecule has 1 aromatic carbocycles. The van der Waals surface area contributed by atoms with E-state index in [4.69, 9.17) is 11.6 Å². The fraction of sp³-hybridized carbons (Fsp3) is 0.308. The van der Waals surface area contributed by atoms with Crippen molar-refractivity contribution in [3.05, 3.63) is 47.5 Å². The monoisotopic (exact) mass is 252 g/mol. The van der Waals surface area contributed by atoms with E-state index >= 15 is 0 Å². The maximum atomic E-state index is 13.8. The lowest BCUT2D eigenvalue weighted by molar-refractivity contribution is 0.606. The first-order chi connectivity index (χ1) is 8.13. The first-order valence-corrected chi connectivity index (χ1v) is 6.06. The molecular weight excluding hydrogens is 239 g/mol. The van der Waals surface area contributed by atoms with Gasteiger partial charge in [-0.3, -0.25) is 0 Å². The van der Waals surface area contributed by atoms with Gasteiger partial charge < -0.3 is 0 Å². The van der Waals surface area contributed by atoms with Crippen LogP contribution in [0.4, 0.5) is 4.39 Å². The highest BCUT2D eigenvalue weighted by Crippen LogP contribution is 2.21. The molecule has 90 valence electrons. The third kappa shape index (κ3) is 2.34. The van der Waals surface area contributed by atoms with Crippen LogP contribution in [0.25, 0.3) is 5.69 Å². The van der Waals surface area contributed by atoms with Gasteiger partial charge in [-0.2, -0.15) is 5.10 Å². The Morgan fingerprint density at radius 2 is 2.12 bits per heavy atom. The zero-order valence-corrected chi connectivity index (χ0v) is 10.6. The van der Waals surface area contributed by atoms with Gasteiger partial charge in [-0.25, -0.2) is 9.07 Å². The minimum Gasteiger partial charge on any atom is -0.237 e. The van der Waals surface area contributed by atoms with Crippen molar-refractivity contribution in [3.63, 3.8) is 0 Å². The molecule has 0 atom stereocenters. The summed E-state index contributed by atoms with van der Waals surface area (Å²) in [5.74, 6) is 0.285. The molecule has 2 rings (SSSR count). The number of halogens is 2. The Hall–Kier alpha value is -1.35. The van der Waals surface area contributed by atoms with Gasteiger partial charge >= 0.3 is 0 Å². The molecule has 4 heteroatoms. The van der Waals surface area contributed by atoms with E-state index in [1.165, 1.54) is 6.07 Å². The van der Waals surface area contributed by atoms with E-state index in [9.17, 15) is 4.39 Å². The van der Waals surface area contributed by atoms with Crippen molar-refractivity contribution in [1.82, 2.24) is 9.78 Å². The summed E-state index contributed by atoms with van der Waals surface area (Å²) in [6.07, 6.45) is 1.77. The van der Waals surface area contributed by atoms with Crippen molar-refractivity contribution in [2.75, 3.05) is 0 Å². The molecule has 1 aromatic heterocycles. The van der Waals surface area contributed by atoms with Crippen molar-refractivity contribution < 1.29 is 4.39 Å². The van der Waals surface area contributed by atoms with E-state index in [1.54, 1.807) is 16.9 Å². The van der Waals surface area contributed by atoms with Gasteiger partial charge in [0, 0.05) is 12.1 Å². The molecule has 17 heavy (non-hydrogen) atoms. The summed E-state index contributed by atoms with van der Waals surface area (Å²) in [5.41, 5.74) is 2.12. The Kier molecular flexibility index (Phi) is 3.48. The molecule has 1 heterocycles. The second-order valence-electron chi connectivity index (χ2n) is 4.22. The molecule has 0 saturated heterocycles. The van der Waals surface area contributed by atoms with Crippen LogP contribution in [0.1, 0.15) is 31.0 Å². The summed E-state index contributed by atoms with van der Waals surface area (Å²) < 4.78 is 15.4. The highest BCUT2D eigenvalue weighted by molar-refractivity contribution is 6.17. The fourth-order valence-corrected chi connectivity index (χ4v) is 1.91. The van der Waals surface area contributed by atoms with Crippen LogP contribution in [0, 0.1) is 5.82 Å². The van der Waals surface area contributed by atoms with E-state index < -0.39 is 0 Å². The standard InChI is InChI=1S/C13H14ClFN2/c1-9(2)12-6-7-17(16-12)13-10(8-14)4-3-5-11(13)15/h3-7,9H,8H2,1-2H3. The summed E-state index contributed by atoms with van der Waals surface area (Å²) in [6.45, 7) is 4.10. The zero-order valence-electron chi connectivity index (χ0n) is 9.82. The molecule has 0 aliphatic rings. The normalized spacial score (nSPS) is 11.1. The van der Waals surface area contributed by atoms with Gasteiger partial charge in [0.05, 0.1) is 5.69 Å². The number of para-hydroxylation sites is 1. The molecule has 0 bridgehead atoms. The van der Waals surface area contributed by atoms with Gasteiger partial charge in [0.1, 0.15) is 11.5 Å². The Bertz CT molecular complexity index is 520. The smallest absolute Gasteiger partial charge is 0.149 e. The molecule has 0 radical (unpaired) electrons. The quantitative estimate of drug-likeness (QED) is 0.758. The van der Waals surface area contributed by atoms with Gasteiger partial charge in [-0.15, -0.1) is 11.6 Å². The third-order valence-electron chi connectivity index (χ3n) is 2.64. The first kappa shape index (κ1) is 12.1. The Balaban J connectivity index is 2.51. The number of benzene rings is 1. The van der Waals surface area contributed by atoms with Crippen molar-refractivity contribution in [2.45, 2.75) is 25.6 Å². The molecule has 2 aromatic rings. The number of alkyl halides is 1. The van der Waals surface area contributed by atoms with Gasteiger partial charge in [-0.05, 0) is 23.6 Å². The Morgan fingerprint density at radius 1 is 1.35 bits per heavy atom. The molecular formula is C13H14ClFN2. The minimum absolute atomic E-state index is 0.268. The first-order valence-electron chi connectivity index (χ1n) is 5.52. The largest absolute Gasteiger partial charge is 0.237 e. The van der Waals surface area contributed by atoms with Gasteiger partial charge in [0.15, 0.2) is 0 Å². The van der Waals surface area contributed by atoms with E-state index in [1.807, 2.05) is 12.1 Å². The molecule has 0 unspecified atom stereocenters. The maximum Gasteiger partial charge on any atom is 0.149 e. The zero-order chi connectivity index (χ0) is 12.4. The van der Waals surface area contributed by atoms with Crippen LogP contribution in [-0.2, 0) is 5.88 Å². The van der Waals surface area contributed by atoms with E-state index in [0.29, 0.717) is 11.6 Å². The van der Waals surface area contributed by atoms with Gasteiger partial charge in [-0.1, -0.05) is 26.0 Å². The molecule has 0 spiro atoms. The highest BCUT2D eigenvalue weighted by atomic mass is 35.5. The van der Waals surface area contributed by atoms with Crippen LogP contribution < -0.4 is 0 Å². The average Bonchev–Trinajstić information content (AvgIpc) is 2.77. The molecule has 0 saturated carbocycles. The van der Waals surface area contributed by atoms with Crippen LogP contribution >= 0.6 is 11.6 Å². The number of nitrogens with zero attached hydrogens (tertiary/aromatic N) is 2. The van der Waals surface area contributed by atoms with Crippen molar-refractivity contribution >= 4 is 11.6 Å². The van der Waals surface area contributed by atoms with E-state index in [2.05, 4.69) is 18.9 Å². The van der Waals surface area contributed by atoms with Crippen molar-refractivity contribution in [3.8, 4) is 5.69 Å². The number of hydrogen-bond acceptors (Lipinski definition) is 1. The highest BCUT2D eigenvalue weighted by Gasteiger charge is 2.12. The lowest BCUT2D eigenvalue weighted by Crippen LogP contribution is -2.03. The second-order valence-corrected chi connectivity index (χ2v) is 4.49. The SMILES string of the molecule is CC(C)c1ccn(-c2c(F)cccc2CCl)n1. The molecule has 0 N–H and O–H groups in total. The van der Waals surface area contributed by atoms with Gasteiger partial charge in [0.25, 0.3) is 0 Å². The fourth-order valence-electron chi connectivity index (χ4n) is 1.69. The summed E-state index contributed by atoms with van der Waals surface area (Å²) in [4.78, 5) is 0. The van der Waals surface area contributed by atoms with Crippen LogP contribution in [0.15, 0.2) is 30.5 Å². The number of aromatic nitrogens is 2. The lowest BCUT2D eigenvalue weighted by atomic mass is 10.1. The predicted octanol–water partition coefficient (Wildman–Crippen LogP) is 3.87. The summed E-state index contributed by atoms with van der Waals surface area (Å²) in [6, 6.07) is 6.78. The Labute approximate surface area is 105 Å². The van der Waals surface area contributed by atoms with Crippen molar-refractivity contribution in [1.29, 1.82) is 0 Å². The topological polar surface area (TPSA) is 17.8 Å². The Morgan fingerprint density at radius 3 is 2.71 bits per heavy atom. The third-order valence-corrected chi connectivity index (χ3v) is 2.93. The lowest BCUT2D eigenvalue weighted by Gasteiger charge is -2.08. The molecule has 0 amide bonds. The molecule has 2 nitrogen and oxygen atoms in total. The van der Waals surface area contributed by atoms with Crippen molar-refractivity contribution in [2.24, 2.45) is 0 Å². The van der Waals surface area contributed by atoms with Gasteiger partial charge in [0.2, 0.25) is 0 Å². The number of rotatable bonds is 3. The number of hydrogen-bond donors (Lipinski definition) is 0. The second kappa shape index (κ2) is 4.88. The van der Waals surface area contributed by atoms with Crippen LogP contribution in [-0.4, -0.2) is 9.78 Å². The summed E-state index contributed by atoms with van der Waals surface area (Å²) in [7, 11) is 0. The predicted molar refractivity (Wildman–Crippen MR) is 67.2 cm³/mol. The summed E-state index contributed by atoms with van der Waals surface area (Å²) >= 11 is 5.82. The van der Waals surface area contributed by atoms with E-state index in [-0.39, 0.29) is 11.7 Å².